The summed E-state index contributed by atoms with van der Waals surface area (Å²) in [6.07, 6.45) is 4.64. The number of carbonyl (C=O) groups excluding carboxylic acids is 2. The largest absolute Gasteiger partial charge is 0.849 e. The average Bonchev–Trinajstić information content (AvgIpc) is 2.44. The molecule has 0 aromatic carbocycles. The summed E-state index contributed by atoms with van der Waals surface area (Å²) in [6, 6.07) is 0. The highest BCUT2D eigenvalue weighted by atomic mass is 32.2. The number of rotatable bonds is 10. The number of carboxylic acid groups (broad SMARTS) is 2. The fourth-order valence-corrected chi connectivity index (χ4v) is 2.35. The third kappa shape index (κ3) is 17.5. The van der Waals surface area contributed by atoms with E-state index < -0.39 is 39.3 Å². The second-order valence-electron chi connectivity index (χ2n) is 5.25. The Balaban J connectivity index is -0.000000102. The molecule has 0 spiro atoms. The number of hydrogen-bond donors (Lipinski definition) is 4. The van der Waals surface area contributed by atoms with Crippen molar-refractivity contribution in [2.75, 3.05) is 0 Å². The van der Waals surface area contributed by atoms with Crippen LogP contribution in [0, 0.1) is 0 Å². The van der Waals surface area contributed by atoms with Crippen molar-refractivity contribution in [2.24, 2.45) is 0 Å². The fourth-order valence-electron chi connectivity index (χ4n) is 1.76. The fraction of sp³-hybridized carbons (Fsp3) is 0.857. The number of aliphatic carboxylic acids is 2. The van der Waals surface area contributed by atoms with Gasteiger partial charge in [0.1, 0.15) is 5.25 Å². The SMILES string of the molecule is CCCCCC([O-])(CC)CC.O=C([O-])CC(C(=O)[O-])S(=O)(=O)O.[NH4+].[NH4+].[NH4+]. The van der Waals surface area contributed by atoms with E-state index >= 15 is 0 Å². The molecule has 0 heterocycles. The molecule has 1 atom stereocenters. The highest BCUT2D eigenvalue weighted by Crippen LogP contribution is 2.18. The topological polar surface area (TPSA) is 267 Å². The summed E-state index contributed by atoms with van der Waals surface area (Å²) in [6.45, 7) is 6.18. The number of quaternary nitrogens is 3. The molecule has 0 aliphatic heterocycles. The van der Waals surface area contributed by atoms with Crippen molar-refractivity contribution in [3.05, 3.63) is 0 Å². The maximum atomic E-state index is 11.7. The van der Waals surface area contributed by atoms with E-state index in [0.717, 1.165) is 25.7 Å². The third-order valence-electron chi connectivity index (χ3n) is 3.50. The van der Waals surface area contributed by atoms with E-state index in [0.29, 0.717) is 0 Å². The normalized spacial score (nSPS) is 11.4. The highest BCUT2D eigenvalue weighted by molar-refractivity contribution is 7.87. The molecular weight excluding hydrogens is 370 g/mol. The summed E-state index contributed by atoms with van der Waals surface area (Å²) in [5.74, 6) is -4.08. The van der Waals surface area contributed by atoms with Gasteiger partial charge < -0.3 is 43.4 Å². The zero-order valence-electron chi connectivity index (χ0n) is 16.7. The smallest absolute Gasteiger partial charge is 0.273 e. The van der Waals surface area contributed by atoms with Gasteiger partial charge >= 0.3 is 0 Å². The third-order valence-corrected chi connectivity index (χ3v) is 4.58. The van der Waals surface area contributed by atoms with Gasteiger partial charge in [0.05, 0.1) is 5.97 Å². The Kier molecular flexibility index (Phi) is 23.5. The molecule has 0 fully saturated rings. The van der Waals surface area contributed by atoms with Crippen LogP contribution >= 0.6 is 0 Å². The molecule has 26 heavy (non-hydrogen) atoms. The number of carboxylic acids is 2. The van der Waals surface area contributed by atoms with Gasteiger partial charge in [-0.15, -0.1) is 5.60 Å². The lowest BCUT2D eigenvalue weighted by Crippen LogP contribution is -2.44. The van der Waals surface area contributed by atoms with Gasteiger partial charge in [0, 0.05) is 12.4 Å². The molecular formula is C14H37N3O8S. The predicted molar refractivity (Wildman–Crippen MR) is 95.4 cm³/mol. The van der Waals surface area contributed by atoms with Gasteiger partial charge in [-0.25, -0.2) is 0 Å². The molecule has 11 nitrogen and oxygen atoms in total. The molecule has 0 aliphatic rings. The Morgan fingerprint density at radius 1 is 1.00 bits per heavy atom. The lowest BCUT2D eigenvalue weighted by atomic mass is 9.91. The Morgan fingerprint density at radius 3 is 1.62 bits per heavy atom. The van der Waals surface area contributed by atoms with E-state index in [4.69, 9.17) is 4.55 Å². The zero-order valence-corrected chi connectivity index (χ0v) is 17.6. The van der Waals surface area contributed by atoms with Crippen molar-refractivity contribution in [1.29, 1.82) is 0 Å². The van der Waals surface area contributed by atoms with Gasteiger partial charge in [0.25, 0.3) is 10.1 Å². The molecule has 0 radical (unpaired) electrons. The Labute approximate surface area is 155 Å². The van der Waals surface area contributed by atoms with Crippen molar-refractivity contribution >= 4 is 22.1 Å². The molecule has 0 bridgehead atoms. The van der Waals surface area contributed by atoms with Crippen LogP contribution in [0.25, 0.3) is 0 Å². The Hall–Kier alpha value is -1.31. The first-order valence-corrected chi connectivity index (χ1v) is 9.01. The summed E-state index contributed by atoms with van der Waals surface area (Å²) in [5, 5.41) is 29.0. The molecule has 162 valence electrons. The van der Waals surface area contributed by atoms with E-state index in [2.05, 4.69) is 6.92 Å². The maximum Gasteiger partial charge on any atom is 0.273 e. The molecule has 0 saturated carbocycles. The van der Waals surface area contributed by atoms with Crippen LogP contribution in [0.2, 0.25) is 0 Å². The van der Waals surface area contributed by atoms with Crippen LogP contribution in [0.1, 0.15) is 65.7 Å². The molecule has 1 unspecified atom stereocenters. The zero-order chi connectivity index (χ0) is 18.7. The number of unbranched alkanes of at least 4 members (excludes halogenated alkanes) is 2. The van der Waals surface area contributed by atoms with Crippen molar-refractivity contribution in [3.8, 4) is 0 Å². The van der Waals surface area contributed by atoms with Crippen LogP contribution in [-0.4, -0.2) is 35.8 Å². The molecule has 0 saturated heterocycles. The van der Waals surface area contributed by atoms with Crippen LogP contribution < -0.4 is 33.8 Å². The van der Waals surface area contributed by atoms with Crippen LogP contribution in [0.5, 0.6) is 0 Å². The average molecular weight is 408 g/mol. The second kappa shape index (κ2) is 17.1. The lowest BCUT2D eigenvalue weighted by molar-refractivity contribution is -0.481. The minimum absolute atomic E-state index is 0. The first kappa shape index (κ1) is 35.7. The highest BCUT2D eigenvalue weighted by Gasteiger charge is 2.24. The lowest BCUT2D eigenvalue weighted by Gasteiger charge is -2.39. The van der Waals surface area contributed by atoms with Gasteiger partial charge in [0.2, 0.25) is 0 Å². The Morgan fingerprint density at radius 2 is 1.42 bits per heavy atom. The standard InChI is InChI=1S/C10H21O.C4H6O7S.3H3N/c1-4-7-8-9-10(11,5-2)6-3;5-3(6)1-2(4(7)8)12(9,10)11;;;/h4-9H2,1-3H3;2H,1H2,(H,5,6)(H,7,8)(H,9,10,11);3*1H3/q-1;;;;/p+1. The van der Waals surface area contributed by atoms with E-state index in [9.17, 15) is 33.3 Å². The van der Waals surface area contributed by atoms with Gasteiger partial charge in [0.15, 0.2) is 0 Å². The monoisotopic (exact) mass is 407 g/mol. The van der Waals surface area contributed by atoms with Crippen LogP contribution in [-0.2, 0) is 19.7 Å². The van der Waals surface area contributed by atoms with E-state index in [1.807, 2.05) is 13.8 Å². The minimum atomic E-state index is -4.94. The molecule has 12 heteroatoms. The van der Waals surface area contributed by atoms with Gasteiger partial charge in [-0.3, -0.25) is 4.55 Å². The molecule has 0 amide bonds. The van der Waals surface area contributed by atoms with E-state index in [1.54, 1.807) is 0 Å². The van der Waals surface area contributed by atoms with Crippen LogP contribution in [0.15, 0.2) is 0 Å². The second-order valence-corrected chi connectivity index (χ2v) is 6.84. The van der Waals surface area contributed by atoms with Crippen molar-refractivity contribution < 1.29 is 37.9 Å². The summed E-state index contributed by atoms with van der Waals surface area (Å²) in [4.78, 5) is 19.7. The minimum Gasteiger partial charge on any atom is -0.849 e. The summed E-state index contributed by atoms with van der Waals surface area (Å²) >= 11 is 0. The molecule has 0 aromatic heterocycles. The summed E-state index contributed by atoms with van der Waals surface area (Å²) in [7, 11) is -4.94. The predicted octanol–water partition coefficient (Wildman–Crippen LogP) is -0.253. The first-order valence-electron chi connectivity index (χ1n) is 7.50. The van der Waals surface area contributed by atoms with Gasteiger partial charge in [-0.1, -0.05) is 59.3 Å². The quantitative estimate of drug-likeness (QED) is 0.276. The molecule has 13 N–H and O–H groups in total. The van der Waals surface area contributed by atoms with Crippen LogP contribution in [0.4, 0.5) is 0 Å². The van der Waals surface area contributed by atoms with E-state index in [-0.39, 0.29) is 18.5 Å². The van der Waals surface area contributed by atoms with Crippen LogP contribution in [0.3, 0.4) is 0 Å². The maximum absolute atomic E-state index is 11.7. The first-order chi connectivity index (χ1) is 10.4. The van der Waals surface area contributed by atoms with Crippen molar-refractivity contribution in [3.63, 3.8) is 0 Å². The van der Waals surface area contributed by atoms with E-state index in [1.165, 1.54) is 12.8 Å². The summed E-state index contributed by atoms with van der Waals surface area (Å²) in [5.41, 5.74) is -0.616. The van der Waals surface area contributed by atoms with Gasteiger partial charge in [-0.05, 0) is 0 Å². The molecule has 0 aliphatic carbocycles. The molecule has 0 aromatic rings. The molecule has 0 rings (SSSR count). The van der Waals surface area contributed by atoms with Crippen molar-refractivity contribution in [2.45, 2.75) is 76.6 Å². The number of hydrogen-bond acceptors (Lipinski definition) is 7. The van der Waals surface area contributed by atoms with Crippen molar-refractivity contribution in [1.82, 2.24) is 18.5 Å². The van der Waals surface area contributed by atoms with Gasteiger partial charge in [-0.2, -0.15) is 8.42 Å². The number of carbonyl (C=O) groups is 2. The Bertz CT molecular complexity index is 467. The summed E-state index contributed by atoms with van der Waals surface area (Å²) < 4.78 is 28.5.